The molecule has 1 aromatic carbocycles. The fraction of sp³-hybridized carbons (Fsp3) is 0.593. The average Bonchev–Trinajstić information content (AvgIpc) is 3.63. The number of halogens is 2. The molecule has 5 rings (SSSR count). The van der Waals surface area contributed by atoms with Gasteiger partial charge < -0.3 is 20.2 Å². The van der Waals surface area contributed by atoms with E-state index in [1.807, 2.05) is 0 Å². The zero-order valence-electron chi connectivity index (χ0n) is 22.8. The number of alkyl halides is 2. The maximum atomic E-state index is 13.7. The second-order valence-electron chi connectivity index (χ2n) is 11.3. The number of piperidine rings is 2. The zero-order chi connectivity index (χ0) is 28.7. The number of hydrogen-bond donors (Lipinski definition) is 3. The number of carbonyl (C=O) groups is 1. The van der Waals surface area contributed by atoms with E-state index in [9.17, 15) is 22.0 Å². The molecule has 1 spiro atoms. The van der Waals surface area contributed by atoms with Crippen molar-refractivity contribution >= 4 is 39.1 Å². The Labute approximate surface area is 233 Å². The number of aliphatic hydroxyl groups excluding tert-OH is 1. The number of benzene rings is 1. The van der Waals surface area contributed by atoms with Crippen molar-refractivity contribution in [3.05, 3.63) is 35.0 Å². The van der Waals surface area contributed by atoms with Crippen molar-refractivity contribution in [2.45, 2.75) is 58.3 Å². The van der Waals surface area contributed by atoms with Crippen LogP contribution in [0.5, 0.6) is 0 Å². The first-order chi connectivity index (χ1) is 18.9. The third-order valence-corrected chi connectivity index (χ3v) is 9.45. The Morgan fingerprint density at radius 1 is 0.975 bits per heavy atom. The minimum atomic E-state index is -3.76. The van der Waals surface area contributed by atoms with Crippen molar-refractivity contribution in [1.82, 2.24) is 9.97 Å². The summed E-state index contributed by atoms with van der Waals surface area (Å²) in [5.41, 5.74) is 2.90. The van der Waals surface area contributed by atoms with Crippen LogP contribution in [0.4, 0.5) is 31.9 Å². The molecule has 0 radical (unpaired) electrons. The summed E-state index contributed by atoms with van der Waals surface area (Å²) >= 11 is 0. The lowest BCUT2D eigenvalue weighted by atomic mass is 9.92. The minimum absolute atomic E-state index is 0.122. The van der Waals surface area contributed by atoms with Gasteiger partial charge in [-0.3, -0.25) is 9.52 Å². The number of amides is 1. The molecular weight excluding hydrogens is 542 g/mol. The SMILES string of the molecule is Cc1cc(NC(=O)c2cc(C)c(NS(=O)(=O)CCO)cc2N2CCC3(CC2)CC3)nc(N2CCC(F)(F)CC2)n1. The van der Waals surface area contributed by atoms with Gasteiger partial charge in [-0.15, -0.1) is 0 Å². The van der Waals surface area contributed by atoms with E-state index in [0.717, 1.165) is 25.9 Å². The molecule has 0 unspecified atom stereocenters. The Morgan fingerprint density at radius 3 is 2.25 bits per heavy atom. The minimum Gasteiger partial charge on any atom is -0.395 e. The quantitative estimate of drug-likeness (QED) is 0.433. The molecule has 13 heteroatoms. The molecule has 3 heterocycles. The van der Waals surface area contributed by atoms with Crippen LogP contribution in [0.2, 0.25) is 0 Å². The summed E-state index contributed by atoms with van der Waals surface area (Å²) < 4.78 is 54.7. The van der Waals surface area contributed by atoms with Crippen LogP contribution >= 0.6 is 0 Å². The van der Waals surface area contributed by atoms with E-state index in [1.165, 1.54) is 12.8 Å². The lowest BCUT2D eigenvalue weighted by Crippen LogP contribution is -2.40. The molecule has 0 bridgehead atoms. The summed E-state index contributed by atoms with van der Waals surface area (Å²) in [6, 6.07) is 4.97. The number of aliphatic hydroxyl groups is 1. The summed E-state index contributed by atoms with van der Waals surface area (Å²) in [5.74, 6) is -2.99. The third-order valence-electron chi connectivity index (χ3n) is 8.20. The van der Waals surface area contributed by atoms with E-state index in [0.29, 0.717) is 39.6 Å². The molecule has 1 aromatic heterocycles. The zero-order valence-corrected chi connectivity index (χ0v) is 23.7. The van der Waals surface area contributed by atoms with Gasteiger partial charge in [-0.05, 0) is 62.6 Å². The average molecular weight is 579 g/mol. The van der Waals surface area contributed by atoms with E-state index < -0.39 is 34.2 Å². The standard InChI is InChI=1S/C27H36F2N6O4S/c1-18-15-20(24(37)31-23-16-19(2)30-25(32-23)35-11-7-27(28,29)8-12-35)22(17-21(18)33-40(38,39)14-13-36)34-9-5-26(3-4-26)6-10-34/h15-17,33,36H,3-14H2,1-2H3,(H,30,31,32,37). The van der Waals surface area contributed by atoms with Gasteiger partial charge in [0.05, 0.1) is 29.3 Å². The van der Waals surface area contributed by atoms with Gasteiger partial charge in [-0.25, -0.2) is 22.2 Å². The van der Waals surface area contributed by atoms with Crippen LogP contribution in [0.25, 0.3) is 0 Å². The van der Waals surface area contributed by atoms with Crippen molar-refractivity contribution in [2.75, 3.05) is 58.4 Å². The molecule has 1 aliphatic carbocycles. The summed E-state index contributed by atoms with van der Waals surface area (Å²) in [4.78, 5) is 26.3. The fourth-order valence-corrected chi connectivity index (χ4v) is 6.36. The molecule has 40 heavy (non-hydrogen) atoms. The molecule has 3 N–H and O–H groups in total. The van der Waals surface area contributed by atoms with Gasteiger partial charge in [-0.2, -0.15) is 4.98 Å². The molecule has 2 saturated heterocycles. The number of hydrogen-bond acceptors (Lipinski definition) is 8. The highest BCUT2D eigenvalue weighted by Crippen LogP contribution is 2.54. The first-order valence-corrected chi connectivity index (χ1v) is 15.3. The highest BCUT2D eigenvalue weighted by Gasteiger charge is 2.44. The van der Waals surface area contributed by atoms with Crippen molar-refractivity contribution in [3.8, 4) is 0 Å². The Kier molecular flexibility index (Phi) is 7.64. The molecule has 2 aliphatic heterocycles. The number of nitrogens with one attached hydrogen (secondary N) is 2. The van der Waals surface area contributed by atoms with Crippen LogP contribution < -0.4 is 19.8 Å². The first kappa shape index (κ1) is 28.5. The van der Waals surface area contributed by atoms with E-state index in [-0.39, 0.29) is 31.7 Å². The van der Waals surface area contributed by atoms with Crippen molar-refractivity contribution in [3.63, 3.8) is 0 Å². The summed E-state index contributed by atoms with van der Waals surface area (Å²) in [6.07, 6.45) is 3.91. The lowest BCUT2D eigenvalue weighted by Gasteiger charge is -2.35. The topological polar surface area (TPSA) is 128 Å². The molecule has 2 aromatic rings. The normalized spacial score (nSPS) is 19.9. The maximum Gasteiger partial charge on any atom is 0.258 e. The number of sulfonamides is 1. The monoisotopic (exact) mass is 578 g/mol. The van der Waals surface area contributed by atoms with E-state index >= 15 is 0 Å². The van der Waals surface area contributed by atoms with Crippen LogP contribution in [-0.4, -0.2) is 73.9 Å². The number of aromatic nitrogens is 2. The van der Waals surface area contributed by atoms with E-state index in [2.05, 4.69) is 24.9 Å². The van der Waals surface area contributed by atoms with Crippen LogP contribution in [0.3, 0.4) is 0 Å². The second kappa shape index (κ2) is 10.7. The van der Waals surface area contributed by atoms with Crippen LogP contribution in [0.1, 0.15) is 60.1 Å². The molecule has 1 saturated carbocycles. The van der Waals surface area contributed by atoms with Gasteiger partial charge in [0.2, 0.25) is 16.0 Å². The predicted octanol–water partition coefficient (Wildman–Crippen LogP) is 3.70. The third kappa shape index (κ3) is 6.46. The van der Waals surface area contributed by atoms with Crippen LogP contribution in [0, 0.1) is 19.3 Å². The maximum absolute atomic E-state index is 13.7. The summed E-state index contributed by atoms with van der Waals surface area (Å²) in [7, 11) is -3.76. The van der Waals surface area contributed by atoms with Gasteiger partial charge >= 0.3 is 0 Å². The predicted molar refractivity (Wildman–Crippen MR) is 150 cm³/mol. The highest BCUT2D eigenvalue weighted by molar-refractivity contribution is 7.92. The summed E-state index contributed by atoms with van der Waals surface area (Å²) in [5, 5.41) is 12.0. The number of aryl methyl sites for hydroxylation is 2. The van der Waals surface area contributed by atoms with Gasteiger partial charge in [0, 0.05) is 50.8 Å². The smallest absolute Gasteiger partial charge is 0.258 e. The van der Waals surface area contributed by atoms with Gasteiger partial charge in [0.15, 0.2) is 0 Å². The highest BCUT2D eigenvalue weighted by atomic mass is 32.2. The Hall–Kier alpha value is -3.06. The number of rotatable bonds is 8. The Morgan fingerprint density at radius 2 is 1.62 bits per heavy atom. The molecule has 10 nitrogen and oxygen atoms in total. The van der Waals surface area contributed by atoms with E-state index in [1.54, 1.807) is 36.9 Å². The second-order valence-corrected chi connectivity index (χ2v) is 13.1. The van der Waals surface area contributed by atoms with Gasteiger partial charge in [0.1, 0.15) is 5.82 Å². The van der Waals surface area contributed by atoms with Crippen LogP contribution in [0.15, 0.2) is 18.2 Å². The molecule has 0 atom stereocenters. The largest absolute Gasteiger partial charge is 0.395 e. The van der Waals surface area contributed by atoms with E-state index in [4.69, 9.17) is 5.11 Å². The van der Waals surface area contributed by atoms with Crippen molar-refractivity contribution in [1.29, 1.82) is 0 Å². The van der Waals surface area contributed by atoms with Gasteiger partial charge in [0.25, 0.3) is 11.8 Å². The molecular formula is C27H36F2N6O4S. The number of anilines is 4. The molecule has 218 valence electrons. The number of carbonyl (C=O) groups excluding carboxylic acids is 1. The first-order valence-electron chi connectivity index (χ1n) is 13.7. The van der Waals surface area contributed by atoms with Crippen molar-refractivity contribution in [2.24, 2.45) is 5.41 Å². The lowest BCUT2D eigenvalue weighted by molar-refractivity contribution is -0.0222. The van der Waals surface area contributed by atoms with Gasteiger partial charge in [-0.1, -0.05) is 0 Å². The van der Waals surface area contributed by atoms with Crippen molar-refractivity contribution < 1.29 is 27.1 Å². The van der Waals surface area contributed by atoms with Crippen LogP contribution in [-0.2, 0) is 10.0 Å². The Bertz CT molecular complexity index is 1380. The fourth-order valence-electron chi connectivity index (χ4n) is 5.46. The summed E-state index contributed by atoms with van der Waals surface area (Å²) in [6.45, 7) is 4.71. The molecule has 1 amide bonds. The molecule has 3 fully saturated rings. The Balaban J connectivity index is 1.42. The number of nitrogens with zero attached hydrogens (tertiary/aromatic N) is 4. The molecule has 3 aliphatic rings.